The molecular weight excluding hydrogens is 298 g/mol. The fourth-order valence-electron chi connectivity index (χ4n) is 2.77. The molecule has 1 N–H and O–H groups in total. The Balaban J connectivity index is 1.57. The molecule has 0 fully saturated rings. The fraction of sp³-hybridized carbons (Fsp3) is 0.105. The predicted octanol–water partition coefficient (Wildman–Crippen LogP) is 3.74. The number of nitrogens with one attached hydrogen (secondary N) is 1. The summed E-state index contributed by atoms with van der Waals surface area (Å²) >= 11 is 0. The van der Waals surface area contributed by atoms with Gasteiger partial charge in [-0.15, -0.1) is 5.10 Å². The van der Waals surface area contributed by atoms with E-state index in [1.54, 1.807) is 11.0 Å². The maximum Gasteiger partial charge on any atom is 0.143 e. The lowest BCUT2D eigenvalue weighted by molar-refractivity contribution is 0.789. The molecule has 118 valence electrons. The first-order chi connectivity index (χ1) is 11.8. The first kappa shape index (κ1) is 14.4. The molecule has 24 heavy (non-hydrogen) atoms. The van der Waals surface area contributed by atoms with E-state index < -0.39 is 0 Å². The van der Waals surface area contributed by atoms with E-state index in [4.69, 9.17) is 0 Å². The van der Waals surface area contributed by atoms with E-state index in [2.05, 4.69) is 82.4 Å². The van der Waals surface area contributed by atoms with Crippen LogP contribution in [0.4, 0.5) is 5.69 Å². The van der Waals surface area contributed by atoms with E-state index in [0.29, 0.717) is 0 Å². The second-order valence-corrected chi connectivity index (χ2v) is 5.79. The van der Waals surface area contributed by atoms with E-state index in [0.717, 1.165) is 17.9 Å². The van der Waals surface area contributed by atoms with Crippen LogP contribution in [-0.4, -0.2) is 20.2 Å². The number of hydrogen-bond acceptors (Lipinski definition) is 4. The van der Waals surface area contributed by atoms with Crippen molar-refractivity contribution >= 4 is 16.5 Å². The van der Waals surface area contributed by atoms with Gasteiger partial charge in [0.1, 0.15) is 6.33 Å². The number of fused-ring (bicyclic) bond motifs is 1. The Morgan fingerprint density at radius 2 is 1.83 bits per heavy atom. The second-order valence-electron chi connectivity index (χ2n) is 5.79. The molecule has 0 aliphatic rings. The Labute approximate surface area is 139 Å². The highest BCUT2D eigenvalue weighted by atomic mass is 15.5. The molecule has 3 aromatic carbocycles. The average Bonchev–Trinajstić information content (AvgIpc) is 3.15. The molecule has 0 bridgehead atoms. The molecule has 4 rings (SSSR count). The third-order valence-electron chi connectivity index (χ3n) is 4.13. The van der Waals surface area contributed by atoms with Gasteiger partial charge in [0.2, 0.25) is 0 Å². The molecule has 0 aliphatic heterocycles. The topological polar surface area (TPSA) is 55.6 Å². The summed E-state index contributed by atoms with van der Waals surface area (Å²) in [6, 6.07) is 21.1. The van der Waals surface area contributed by atoms with Crippen LogP contribution in [0.1, 0.15) is 11.1 Å². The van der Waals surface area contributed by atoms with Gasteiger partial charge in [-0.1, -0.05) is 42.5 Å². The third-order valence-corrected chi connectivity index (χ3v) is 4.13. The monoisotopic (exact) mass is 315 g/mol. The minimum absolute atomic E-state index is 0.769. The number of hydrogen-bond donors (Lipinski definition) is 1. The first-order valence-electron chi connectivity index (χ1n) is 7.85. The van der Waals surface area contributed by atoms with Crippen LogP contribution in [0.15, 0.2) is 67.0 Å². The van der Waals surface area contributed by atoms with Crippen LogP contribution in [0.2, 0.25) is 0 Å². The zero-order chi connectivity index (χ0) is 16.4. The number of tetrazole rings is 1. The van der Waals surface area contributed by atoms with Crippen molar-refractivity contribution in [3.05, 3.63) is 78.1 Å². The summed E-state index contributed by atoms with van der Waals surface area (Å²) in [5.41, 5.74) is 4.45. The van der Waals surface area contributed by atoms with Gasteiger partial charge in [-0.2, -0.15) is 0 Å². The van der Waals surface area contributed by atoms with E-state index >= 15 is 0 Å². The van der Waals surface area contributed by atoms with Gasteiger partial charge >= 0.3 is 0 Å². The van der Waals surface area contributed by atoms with Crippen molar-refractivity contribution in [1.29, 1.82) is 0 Å². The highest BCUT2D eigenvalue weighted by Crippen LogP contribution is 2.21. The van der Waals surface area contributed by atoms with Crippen molar-refractivity contribution in [2.24, 2.45) is 0 Å². The number of nitrogens with zero attached hydrogens (tertiary/aromatic N) is 4. The molecule has 0 spiro atoms. The molecule has 1 heterocycles. The van der Waals surface area contributed by atoms with Crippen LogP contribution in [0.5, 0.6) is 0 Å². The van der Waals surface area contributed by atoms with Crippen molar-refractivity contribution < 1.29 is 0 Å². The number of rotatable bonds is 4. The maximum atomic E-state index is 3.94. The summed E-state index contributed by atoms with van der Waals surface area (Å²) in [7, 11) is 0. The van der Waals surface area contributed by atoms with Crippen LogP contribution < -0.4 is 5.32 Å². The molecule has 1 aromatic heterocycles. The van der Waals surface area contributed by atoms with Crippen LogP contribution in [-0.2, 0) is 6.54 Å². The van der Waals surface area contributed by atoms with Gasteiger partial charge < -0.3 is 5.32 Å². The van der Waals surface area contributed by atoms with Crippen molar-refractivity contribution in [3.8, 4) is 5.69 Å². The zero-order valence-corrected chi connectivity index (χ0v) is 13.3. The Kier molecular flexibility index (Phi) is 3.67. The van der Waals surface area contributed by atoms with Crippen molar-refractivity contribution in [3.63, 3.8) is 0 Å². The molecule has 0 saturated heterocycles. The largest absolute Gasteiger partial charge is 0.381 e. The number of benzene rings is 3. The highest BCUT2D eigenvalue weighted by molar-refractivity contribution is 5.83. The van der Waals surface area contributed by atoms with Gasteiger partial charge in [0, 0.05) is 12.2 Å². The Bertz CT molecular complexity index is 976. The quantitative estimate of drug-likeness (QED) is 0.623. The Morgan fingerprint density at radius 1 is 0.958 bits per heavy atom. The molecule has 0 aliphatic carbocycles. The number of anilines is 1. The normalized spacial score (nSPS) is 10.9. The minimum atomic E-state index is 0.769. The Morgan fingerprint density at radius 3 is 2.67 bits per heavy atom. The van der Waals surface area contributed by atoms with Crippen LogP contribution in [0, 0.1) is 6.92 Å². The smallest absolute Gasteiger partial charge is 0.143 e. The fourth-order valence-corrected chi connectivity index (χ4v) is 2.77. The van der Waals surface area contributed by atoms with Gasteiger partial charge in [-0.25, -0.2) is 4.68 Å². The van der Waals surface area contributed by atoms with E-state index in [-0.39, 0.29) is 0 Å². The Hall–Kier alpha value is -3.21. The molecule has 5 nitrogen and oxygen atoms in total. The van der Waals surface area contributed by atoms with E-state index in [1.165, 1.54) is 21.9 Å². The summed E-state index contributed by atoms with van der Waals surface area (Å²) in [4.78, 5) is 0. The number of aromatic nitrogens is 4. The van der Waals surface area contributed by atoms with Crippen molar-refractivity contribution in [2.45, 2.75) is 13.5 Å². The maximum absolute atomic E-state index is 3.94. The molecule has 5 heteroatoms. The van der Waals surface area contributed by atoms with Crippen molar-refractivity contribution in [1.82, 2.24) is 20.2 Å². The summed E-state index contributed by atoms with van der Waals surface area (Å²) < 4.78 is 1.65. The molecular formula is C19H17N5. The third kappa shape index (κ3) is 2.84. The van der Waals surface area contributed by atoms with Crippen molar-refractivity contribution in [2.75, 3.05) is 5.32 Å². The molecule has 0 amide bonds. The molecule has 4 aromatic rings. The van der Waals surface area contributed by atoms with Gasteiger partial charge in [-0.05, 0) is 57.4 Å². The zero-order valence-electron chi connectivity index (χ0n) is 13.3. The van der Waals surface area contributed by atoms with Gasteiger partial charge in [0.25, 0.3) is 0 Å². The molecule has 0 saturated carbocycles. The predicted molar refractivity (Wildman–Crippen MR) is 95.2 cm³/mol. The number of aryl methyl sites for hydroxylation is 1. The van der Waals surface area contributed by atoms with E-state index in [9.17, 15) is 0 Å². The van der Waals surface area contributed by atoms with Gasteiger partial charge in [0.05, 0.1) is 5.69 Å². The first-order valence-corrected chi connectivity index (χ1v) is 7.85. The molecule has 0 radical (unpaired) electrons. The van der Waals surface area contributed by atoms with Crippen LogP contribution in [0.3, 0.4) is 0 Å². The second kappa shape index (κ2) is 6.12. The van der Waals surface area contributed by atoms with Gasteiger partial charge in [-0.3, -0.25) is 0 Å². The molecule has 0 unspecified atom stereocenters. The standard InChI is InChI=1S/C19H17N5/c1-14-6-9-18(24-13-21-22-23-24)11-19(14)20-12-15-7-8-16-4-2-3-5-17(16)10-15/h2-11,13,20H,12H2,1H3. The lowest BCUT2D eigenvalue weighted by Crippen LogP contribution is -2.03. The average molecular weight is 315 g/mol. The SMILES string of the molecule is Cc1ccc(-n2cnnn2)cc1NCc1ccc2ccccc2c1. The van der Waals surface area contributed by atoms with Gasteiger partial charge in [0.15, 0.2) is 0 Å². The van der Waals surface area contributed by atoms with Crippen LogP contribution in [0.25, 0.3) is 16.5 Å². The lowest BCUT2D eigenvalue weighted by Gasteiger charge is -2.12. The summed E-state index contributed by atoms with van der Waals surface area (Å²) in [6.07, 6.45) is 1.60. The summed E-state index contributed by atoms with van der Waals surface area (Å²) in [5, 5.41) is 17.3. The minimum Gasteiger partial charge on any atom is -0.381 e. The summed E-state index contributed by atoms with van der Waals surface area (Å²) in [5.74, 6) is 0. The highest BCUT2D eigenvalue weighted by Gasteiger charge is 2.04. The summed E-state index contributed by atoms with van der Waals surface area (Å²) in [6.45, 7) is 2.86. The molecule has 0 atom stereocenters. The van der Waals surface area contributed by atoms with E-state index in [1.807, 2.05) is 6.07 Å². The van der Waals surface area contributed by atoms with Crippen LogP contribution >= 0.6 is 0 Å². The lowest BCUT2D eigenvalue weighted by atomic mass is 10.1.